The summed E-state index contributed by atoms with van der Waals surface area (Å²) in [5.74, 6) is -1.66. The number of urea groups is 1. The normalized spacial score (nSPS) is 20.8. The fraction of sp³-hybridized carbons (Fsp3) is 0.571. The van der Waals surface area contributed by atoms with E-state index in [1.54, 1.807) is 30.3 Å². The molecule has 3 amide bonds. The summed E-state index contributed by atoms with van der Waals surface area (Å²) in [7, 11) is -3.73. The second-order valence-electron chi connectivity index (χ2n) is 7.99. The fourth-order valence-electron chi connectivity index (χ4n) is 3.68. The van der Waals surface area contributed by atoms with Gasteiger partial charge in [0.15, 0.2) is 15.6 Å². The third-order valence-corrected chi connectivity index (χ3v) is 7.03. The van der Waals surface area contributed by atoms with E-state index in [2.05, 4.69) is 16.0 Å². The lowest BCUT2D eigenvalue weighted by Crippen LogP contribution is -2.57. The largest absolute Gasteiger partial charge is 0.378 e. The van der Waals surface area contributed by atoms with Crippen LogP contribution < -0.4 is 16.0 Å². The summed E-state index contributed by atoms with van der Waals surface area (Å²) in [6, 6.07) is 6.08. The average molecular weight is 467 g/mol. The van der Waals surface area contributed by atoms with Gasteiger partial charge in [0.1, 0.15) is 6.04 Å². The van der Waals surface area contributed by atoms with Crippen LogP contribution in [-0.4, -0.2) is 88.3 Å². The van der Waals surface area contributed by atoms with Gasteiger partial charge in [0.2, 0.25) is 5.91 Å². The zero-order valence-corrected chi connectivity index (χ0v) is 18.7. The summed E-state index contributed by atoms with van der Waals surface area (Å²) >= 11 is 0. The number of hydrogen-bond acceptors (Lipinski definition) is 7. The van der Waals surface area contributed by atoms with Gasteiger partial charge >= 0.3 is 6.03 Å². The summed E-state index contributed by atoms with van der Waals surface area (Å²) in [6.45, 7) is 2.26. The molecule has 2 fully saturated rings. The van der Waals surface area contributed by atoms with E-state index in [1.165, 1.54) is 4.90 Å². The van der Waals surface area contributed by atoms with Crippen molar-refractivity contribution in [3.63, 3.8) is 0 Å². The number of sulfone groups is 1. The van der Waals surface area contributed by atoms with Crippen molar-refractivity contribution in [2.45, 2.75) is 30.7 Å². The molecule has 2 aliphatic heterocycles. The minimum atomic E-state index is -3.73. The first-order valence-electron chi connectivity index (χ1n) is 10.8. The van der Waals surface area contributed by atoms with Crippen LogP contribution >= 0.6 is 0 Å². The van der Waals surface area contributed by atoms with Gasteiger partial charge in [0, 0.05) is 13.1 Å². The average Bonchev–Trinajstić information content (AvgIpc) is 2.98. The van der Waals surface area contributed by atoms with Crippen molar-refractivity contribution in [2.24, 2.45) is 0 Å². The molecule has 2 unspecified atom stereocenters. The first kappa shape index (κ1) is 24.1. The van der Waals surface area contributed by atoms with Crippen molar-refractivity contribution in [2.75, 3.05) is 45.1 Å². The molecular weight excluding hydrogens is 436 g/mol. The van der Waals surface area contributed by atoms with Crippen LogP contribution in [0.1, 0.15) is 18.4 Å². The number of nitrogens with zero attached hydrogens (tertiary/aromatic N) is 1. The minimum Gasteiger partial charge on any atom is -0.378 e. The van der Waals surface area contributed by atoms with Crippen LogP contribution in [0.3, 0.4) is 0 Å². The fourth-order valence-corrected chi connectivity index (χ4v) is 5.24. The van der Waals surface area contributed by atoms with Crippen LogP contribution in [0.25, 0.3) is 0 Å². The van der Waals surface area contributed by atoms with Gasteiger partial charge in [0.05, 0.1) is 37.3 Å². The van der Waals surface area contributed by atoms with E-state index in [-0.39, 0.29) is 18.1 Å². The molecule has 0 radical (unpaired) electrons. The van der Waals surface area contributed by atoms with Crippen LogP contribution in [0.2, 0.25) is 0 Å². The molecule has 1 aromatic rings. The molecule has 3 rings (SSSR count). The van der Waals surface area contributed by atoms with Crippen molar-refractivity contribution in [1.82, 2.24) is 20.9 Å². The van der Waals surface area contributed by atoms with Gasteiger partial charge in [-0.25, -0.2) is 13.2 Å². The summed E-state index contributed by atoms with van der Waals surface area (Å²) in [5, 5.41) is 8.20. The Morgan fingerprint density at radius 3 is 2.62 bits per heavy atom. The Balaban J connectivity index is 1.72. The molecule has 176 valence electrons. The zero-order chi connectivity index (χ0) is 23.0. The molecule has 10 nitrogen and oxygen atoms in total. The Morgan fingerprint density at radius 1 is 1.19 bits per heavy atom. The number of ether oxygens (including phenoxy) is 1. The Labute approximate surface area is 188 Å². The molecule has 0 aliphatic carbocycles. The van der Waals surface area contributed by atoms with Crippen molar-refractivity contribution >= 4 is 27.6 Å². The maximum absolute atomic E-state index is 13.0. The summed E-state index contributed by atoms with van der Waals surface area (Å²) in [5.41, 5.74) is 0.594. The predicted octanol–water partition coefficient (Wildman–Crippen LogP) is -0.551. The molecule has 11 heteroatoms. The number of carbonyl (C=O) groups excluding carboxylic acids is 3. The zero-order valence-electron chi connectivity index (χ0n) is 17.9. The van der Waals surface area contributed by atoms with Crippen molar-refractivity contribution in [3.05, 3.63) is 35.9 Å². The first-order valence-corrected chi connectivity index (χ1v) is 12.6. The van der Waals surface area contributed by atoms with Crippen LogP contribution in [0.15, 0.2) is 30.3 Å². The third kappa shape index (κ3) is 7.28. The van der Waals surface area contributed by atoms with Crippen LogP contribution in [0, 0.1) is 0 Å². The highest BCUT2D eigenvalue weighted by Crippen LogP contribution is 2.10. The lowest BCUT2D eigenvalue weighted by atomic mass is 10.1. The summed E-state index contributed by atoms with van der Waals surface area (Å²) in [4.78, 5) is 39.4. The highest BCUT2D eigenvalue weighted by atomic mass is 32.2. The second kappa shape index (κ2) is 11.4. The van der Waals surface area contributed by atoms with Gasteiger partial charge in [-0.05, 0) is 24.9 Å². The highest BCUT2D eigenvalue weighted by molar-refractivity contribution is 7.90. The van der Waals surface area contributed by atoms with Crippen LogP contribution in [-0.2, 0) is 29.9 Å². The van der Waals surface area contributed by atoms with E-state index in [9.17, 15) is 22.8 Å². The monoisotopic (exact) mass is 466 g/mol. The lowest BCUT2D eigenvalue weighted by Gasteiger charge is -2.29. The van der Waals surface area contributed by atoms with Crippen molar-refractivity contribution in [3.8, 4) is 0 Å². The predicted molar refractivity (Wildman–Crippen MR) is 118 cm³/mol. The van der Waals surface area contributed by atoms with E-state index in [0.717, 1.165) is 0 Å². The van der Waals surface area contributed by atoms with E-state index < -0.39 is 39.6 Å². The van der Waals surface area contributed by atoms with Crippen LogP contribution in [0.5, 0.6) is 0 Å². The number of nitrogens with one attached hydrogen (secondary N) is 3. The Bertz CT molecular complexity index is 902. The maximum Gasteiger partial charge on any atom is 0.318 e. The second-order valence-corrected chi connectivity index (χ2v) is 10.1. The molecule has 2 atom stereocenters. The SMILES string of the molecule is O=C1CNCCCC1NC(=O)C(CS(=O)(=O)Cc1ccccc1)NC(=O)N1CCOCC1. The molecule has 1 aromatic carbocycles. The third-order valence-electron chi connectivity index (χ3n) is 5.41. The van der Waals surface area contributed by atoms with E-state index in [4.69, 9.17) is 4.74 Å². The van der Waals surface area contributed by atoms with Crippen molar-refractivity contribution < 1.29 is 27.5 Å². The Morgan fingerprint density at radius 2 is 1.91 bits per heavy atom. The van der Waals surface area contributed by atoms with Crippen molar-refractivity contribution in [1.29, 1.82) is 0 Å². The number of carbonyl (C=O) groups is 3. The summed E-state index contributed by atoms with van der Waals surface area (Å²) in [6.07, 6.45) is 1.16. The Hall–Kier alpha value is -2.50. The van der Waals surface area contributed by atoms with E-state index >= 15 is 0 Å². The lowest BCUT2D eigenvalue weighted by molar-refractivity contribution is -0.128. The molecule has 0 spiro atoms. The number of rotatable bonds is 7. The summed E-state index contributed by atoms with van der Waals surface area (Å²) < 4.78 is 30.9. The number of amides is 3. The molecule has 32 heavy (non-hydrogen) atoms. The molecular formula is C21H30N4O6S. The highest BCUT2D eigenvalue weighted by Gasteiger charge is 2.32. The number of Topliss-reactive ketones (excluding diaryl/α,β-unsaturated/α-hetero) is 1. The quantitative estimate of drug-likeness (QED) is 0.491. The van der Waals surface area contributed by atoms with Crippen LogP contribution in [0.4, 0.5) is 4.79 Å². The topological polar surface area (TPSA) is 134 Å². The number of ketones is 1. The molecule has 3 N–H and O–H groups in total. The smallest absolute Gasteiger partial charge is 0.318 e. The van der Waals surface area contributed by atoms with Gasteiger partial charge in [-0.2, -0.15) is 0 Å². The minimum absolute atomic E-state index is 0.141. The van der Waals surface area contributed by atoms with Gasteiger partial charge in [-0.3, -0.25) is 9.59 Å². The number of morpholine rings is 1. The molecule has 0 aromatic heterocycles. The van der Waals surface area contributed by atoms with Gasteiger partial charge in [-0.1, -0.05) is 30.3 Å². The van der Waals surface area contributed by atoms with Gasteiger partial charge < -0.3 is 25.6 Å². The first-order chi connectivity index (χ1) is 15.3. The van der Waals surface area contributed by atoms with Gasteiger partial charge in [-0.15, -0.1) is 0 Å². The number of benzene rings is 1. The molecule has 2 saturated heterocycles. The van der Waals surface area contributed by atoms with E-state index in [1.807, 2.05) is 0 Å². The molecule has 0 saturated carbocycles. The molecule has 2 heterocycles. The maximum atomic E-state index is 13.0. The Kier molecular flexibility index (Phi) is 8.60. The standard InChI is InChI=1S/C21H30N4O6S/c26-19-13-22-8-4-7-17(19)23-20(27)18(24-21(28)25-9-11-31-12-10-25)15-32(29,30)14-16-5-2-1-3-6-16/h1-3,5-6,17-18,22H,4,7-15H2,(H,23,27)(H,24,28). The number of hydrogen-bond donors (Lipinski definition) is 3. The van der Waals surface area contributed by atoms with Gasteiger partial charge in [0.25, 0.3) is 0 Å². The van der Waals surface area contributed by atoms with E-state index in [0.29, 0.717) is 51.3 Å². The molecule has 2 aliphatic rings. The molecule has 0 bridgehead atoms.